The second-order valence-corrected chi connectivity index (χ2v) is 5.49. The van der Waals surface area contributed by atoms with Crippen molar-refractivity contribution in [2.75, 3.05) is 0 Å². The van der Waals surface area contributed by atoms with Crippen molar-refractivity contribution >= 4 is 23.4 Å². The second kappa shape index (κ2) is 4.17. The molecule has 0 amide bonds. The zero-order valence-corrected chi connectivity index (χ0v) is 11.4. The molecule has 0 fully saturated rings. The zero-order valence-electron chi connectivity index (χ0n) is 10.7. The molecule has 106 valence electrons. The number of cyclic esters (lactones) is 1. The number of rotatable bonds is 1. The fourth-order valence-corrected chi connectivity index (χ4v) is 2.94. The average Bonchev–Trinajstić information content (AvgIpc) is 2.72. The lowest BCUT2D eigenvalue weighted by Crippen LogP contribution is -2.44. The molecule has 1 unspecified atom stereocenters. The maximum absolute atomic E-state index is 12.4. The van der Waals surface area contributed by atoms with E-state index in [4.69, 9.17) is 16.3 Å². The first-order chi connectivity index (χ1) is 9.40. The third-order valence-corrected chi connectivity index (χ3v) is 4.26. The van der Waals surface area contributed by atoms with E-state index in [1.807, 2.05) is 0 Å². The summed E-state index contributed by atoms with van der Waals surface area (Å²) in [5.41, 5.74) is -1.82. The van der Waals surface area contributed by atoms with E-state index in [0.717, 1.165) is 0 Å². The highest BCUT2D eigenvalue weighted by atomic mass is 35.5. The first-order valence-electron chi connectivity index (χ1n) is 6.25. The van der Waals surface area contributed by atoms with E-state index in [1.165, 1.54) is 10.6 Å². The number of ether oxygens (including phenoxy) is 1. The standard InChI is InChI=1S/C13H12ClNO5/c1-2-13(19)7-3-9-10(16)8(14)4-15(9)11(17)6(7)5-20-12(13)18/h3,8,19H,2,4-5H2,1H3/t8?,13-/m0/s1. The van der Waals surface area contributed by atoms with Gasteiger partial charge in [-0.2, -0.15) is 0 Å². The molecular formula is C13H12ClNO5. The van der Waals surface area contributed by atoms with Crippen LogP contribution in [0, 0.1) is 0 Å². The molecule has 3 heterocycles. The van der Waals surface area contributed by atoms with E-state index in [0.29, 0.717) is 0 Å². The predicted octanol–water partition coefficient (Wildman–Crippen LogP) is 0.306. The van der Waals surface area contributed by atoms with Gasteiger partial charge in [-0.05, 0) is 12.5 Å². The number of hydrogen-bond donors (Lipinski definition) is 1. The molecule has 6 nitrogen and oxygen atoms in total. The van der Waals surface area contributed by atoms with Crippen LogP contribution in [-0.4, -0.2) is 26.8 Å². The predicted molar refractivity (Wildman–Crippen MR) is 68.7 cm³/mol. The number of hydrogen-bond acceptors (Lipinski definition) is 5. The van der Waals surface area contributed by atoms with Crippen molar-refractivity contribution in [2.45, 2.75) is 37.5 Å². The quantitative estimate of drug-likeness (QED) is 0.595. The molecule has 2 atom stereocenters. The minimum Gasteiger partial charge on any atom is -0.458 e. The Bertz CT molecular complexity index is 695. The number of aromatic nitrogens is 1. The number of alkyl halides is 1. The van der Waals surface area contributed by atoms with Crippen molar-refractivity contribution in [2.24, 2.45) is 0 Å². The van der Waals surface area contributed by atoms with E-state index in [-0.39, 0.29) is 42.2 Å². The molecule has 0 bridgehead atoms. The molecular weight excluding hydrogens is 286 g/mol. The summed E-state index contributed by atoms with van der Waals surface area (Å²) in [5, 5.41) is 9.65. The number of carbonyl (C=O) groups is 2. The van der Waals surface area contributed by atoms with Gasteiger partial charge in [-0.15, -0.1) is 11.6 Å². The van der Waals surface area contributed by atoms with E-state index >= 15 is 0 Å². The Labute approximate surface area is 118 Å². The molecule has 0 spiro atoms. The monoisotopic (exact) mass is 297 g/mol. The van der Waals surface area contributed by atoms with Crippen LogP contribution in [0.1, 0.15) is 35.0 Å². The van der Waals surface area contributed by atoms with Crippen molar-refractivity contribution in [1.29, 1.82) is 0 Å². The number of aliphatic hydroxyl groups is 1. The summed E-state index contributed by atoms with van der Waals surface area (Å²) in [6, 6.07) is 1.39. The van der Waals surface area contributed by atoms with Gasteiger partial charge in [0.25, 0.3) is 5.56 Å². The molecule has 0 saturated heterocycles. The molecule has 2 aliphatic rings. The van der Waals surface area contributed by atoms with Gasteiger partial charge in [-0.3, -0.25) is 9.59 Å². The molecule has 0 radical (unpaired) electrons. The summed E-state index contributed by atoms with van der Waals surface area (Å²) in [6.45, 7) is 1.50. The van der Waals surface area contributed by atoms with Crippen molar-refractivity contribution < 1.29 is 19.4 Å². The molecule has 0 saturated carbocycles. The molecule has 20 heavy (non-hydrogen) atoms. The van der Waals surface area contributed by atoms with Crippen molar-refractivity contribution in [1.82, 2.24) is 4.57 Å². The Morgan fingerprint density at radius 3 is 2.85 bits per heavy atom. The van der Waals surface area contributed by atoms with Crippen molar-refractivity contribution in [3.8, 4) is 0 Å². The fourth-order valence-electron chi connectivity index (χ4n) is 2.69. The van der Waals surface area contributed by atoms with Gasteiger partial charge in [-0.1, -0.05) is 6.92 Å². The number of pyridine rings is 1. The molecule has 1 aromatic rings. The summed E-state index contributed by atoms with van der Waals surface area (Å²) in [7, 11) is 0. The average molecular weight is 298 g/mol. The van der Waals surface area contributed by atoms with Crippen LogP contribution in [0.4, 0.5) is 0 Å². The minimum atomic E-state index is -1.88. The van der Waals surface area contributed by atoms with Gasteiger partial charge in [0.15, 0.2) is 11.4 Å². The summed E-state index contributed by atoms with van der Waals surface area (Å²) in [4.78, 5) is 36.1. The normalized spacial score (nSPS) is 28.1. The van der Waals surface area contributed by atoms with Crippen LogP contribution in [0.5, 0.6) is 0 Å². The highest BCUT2D eigenvalue weighted by Gasteiger charge is 2.46. The number of nitrogens with zero attached hydrogens (tertiary/aromatic N) is 1. The van der Waals surface area contributed by atoms with Crippen molar-refractivity contribution in [3.63, 3.8) is 0 Å². The number of esters is 1. The number of fused-ring (bicyclic) bond motifs is 2. The number of carbonyl (C=O) groups excluding carboxylic acids is 2. The second-order valence-electron chi connectivity index (χ2n) is 4.96. The van der Waals surface area contributed by atoms with Gasteiger partial charge in [0.1, 0.15) is 12.0 Å². The van der Waals surface area contributed by atoms with Gasteiger partial charge in [0, 0.05) is 5.56 Å². The van der Waals surface area contributed by atoms with Crippen molar-refractivity contribution in [3.05, 3.63) is 33.2 Å². The van der Waals surface area contributed by atoms with Gasteiger partial charge in [-0.25, -0.2) is 4.79 Å². The Morgan fingerprint density at radius 2 is 2.20 bits per heavy atom. The number of halogens is 1. The van der Waals surface area contributed by atoms with Crippen LogP contribution in [0.15, 0.2) is 10.9 Å². The molecule has 1 N–H and O–H groups in total. The molecule has 2 aliphatic heterocycles. The zero-order chi connectivity index (χ0) is 14.7. The van der Waals surface area contributed by atoms with E-state index in [1.54, 1.807) is 6.92 Å². The number of ketones is 1. The Hall–Kier alpha value is -1.66. The lowest BCUT2D eigenvalue weighted by Gasteiger charge is -2.31. The summed E-state index contributed by atoms with van der Waals surface area (Å²) in [5.74, 6) is -1.17. The van der Waals surface area contributed by atoms with Gasteiger partial charge < -0.3 is 14.4 Å². The molecule has 0 aromatic carbocycles. The summed E-state index contributed by atoms with van der Waals surface area (Å²) in [6.07, 6.45) is 0.0558. The summed E-state index contributed by atoms with van der Waals surface area (Å²) < 4.78 is 6.16. The third kappa shape index (κ3) is 1.52. The Kier molecular flexibility index (Phi) is 2.78. The summed E-state index contributed by atoms with van der Waals surface area (Å²) >= 11 is 5.87. The third-order valence-electron chi connectivity index (χ3n) is 3.92. The minimum absolute atomic E-state index is 0.0558. The topological polar surface area (TPSA) is 85.6 Å². The van der Waals surface area contributed by atoms with E-state index < -0.39 is 22.5 Å². The van der Waals surface area contributed by atoms with Crippen LogP contribution >= 0.6 is 11.6 Å². The van der Waals surface area contributed by atoms with Crippen LogP contribution in [-0.2, 0) is 28.3 Å². The van der Waals surface area contributed by atoms with Gasteiger partial charge in [0.2, 0.25) is 0 Å². The molecule has 7 heteroatoms. The van der Waals surface area contributed by atoms with Crippen LogP contribution in [0.2, 0.25) is 0 Å². The molecule has 3 rings (SSSR count). The fraction of sp³-hybridized carbons (Fsp3) is 0.462. The van der Waals surface area contributed by atoms with Gasteiger partial charge in [0.05, 0.1) is 17.8 Å². The SMILES string of the molecule is CC[C@@]1(O)C(=O)OCc2c1cc1n(c2=O)CC(Cl)C1=O. The molecule has 1 aromatic heterocycles. The maximum atomic E-state index is 12.4. The maximum Gasteiger partial charge on any atom is 0.343 e. The first kappa shape index (κ1) is 13.3. The smallest absolute Gasteiger partial charge is 0.343 e. The largest absolute Gasteiger partial charge is 0.458 e. The first-order valence-corrected chi connectivity index (χ1v) is 6.69. The van der Waals surface area contributed by atoms with Gasteiger partial charge >= 0.3 is 5.97 Å². The Balaban J connectivity index is 2.31. The molecule has 0 aliphatic carbocycles. The van der Waals surface area contributed by atoms with E-state index in [2.05, 4.69) is 0 Å². The number of Topliss-reactive ketones (excluding diaryl/α,β-unsaturated/α-hetero) is 1. The van der Waals surface area contributed by atoms with Crippen LogP contribution in [0.25, 0.3) is 0 Å². The Morgan fingerprint density at radius 1 is 1.50 bits per heavy atom. The van der Waals surface area contributed by atoms with Crippen LogP contribution < -0.4 is 5.56 Å². The highest BCUT2D eigenvalue weighted by molar-refractivity contribution is 6.34. The van der Waals surface area contributed by atoms with Crippen LogP contribution in [0.3, 0.4) is 0 Å². The highest BCUT2D eigenvalue weighted by Crippen LogP contribution is 2.34. The van der Waals surface area contributed by atoms with E-state index in [9.17, 15) is 19.5 Å². The lowest BCUT2D eigenvalue weighted by molar-refractivity contribution is -0.172. The lowest BCUT2D eigenvalue weighted by atomic mass is 9.86.